The molecule has 3 N–H and O–H groups in total. The van der Waals surface area contributed by atoms with Crippen LogP contribution in [0.5, 0.6) is 0 Å². The van der Waals surface area contributed by atoms with Gasteiger partial charge in [0.15, 0.2) is 5.60 Å². The van der Waals surface area contributed by atoms with Crippen molar-refractivity contribution in [2.75, 3.05) is 7.11 Å². The second-order valence-corrected chi connectivity index (χ2v) is 10.9. The highest BCUT2D eigenvalue weighted by molar-refractivity contribution is 6.50. The van der Waals surface area contributed by atoms with Crippen LogP contribution in [0.2, 0.25) is 0 Å². The predicted octanol–water partition coefficient (Wildman–Crippen LogP) is 2.03. The Labute approximate surface area is 251 Å². The van der Waals surface area contributed by atoms with Crippen LogP contribution in [-0.2, 0) is 33.2 Å². The number of nitrogens with zero attached hydrogens (tertiary/aromatic N) is 1. The number of carbonyl (C=O) groups excluding carboxylic acids is 5. The van der Waals surface area contributed by atoms with Crippen LogP contribution in [0.3, 0.4) is 0 Å². The molecule has 0 bridgehead atoms. The molecule has 2 heterocycles. The monoisotopic (exact) mass is 595 g/mol. The van der Waals surface area contributed by atoms with E-state index in [1.165, 1.54) is 13.0 Å². The SMILES string of the molecule is CCC(=O)C[C@@]1(C(=O)OC)CC(=O)OB([C@H](CC(C)C)NC(=O)C(NC(=O)c2cccc(-c3ccccc3)n2)[C@@H](C)O)O1. The summed E-state index contributed by atoms with van der Waals surface area (Å²) in [5, 5.41) is 15.7. The minimum Gasteiger partial charge on any atom is -0.508 e. The number of rotatable bonds is 13. The maximum atomic E-state index is 13.5. The average molecular weight is 595 g/mol. The summed E-state index contributed by atoms with van der Waals surface area (Å²) in [5.74, 6) is -4.58. The average Bonchev–Trinajstić information content (AvgIpc) is 2.98. The van der Waals surface area contributed by atoms with Gasteiger partial charge in [-0.1, -0.05) is 57.2 Å². The first-order chi connectivity index (χ1) is 20.4. The lowest BCUT2D eigenvalue weighted by Gasteiger charge is -2.39. The van der Waals surface area contributed by atoms with Crippen LogP contribution in [0, 0.1) is 5.92 Å². The van der Waals surface area contributed by atoms with E-state index in [4.69, 9.17) is 14.0 Å². The lowest BCUT2D eigenvalue weighted by atomic mass is 9.70. The van der Waals surface area contributed by atoms with Crippen molar-refractivity contribution in [3.05, 3.63) is 54.2 Å². The number of aromatic nitrogens is 1. The van der Waals surface area contributed by atoms with Gasteiger partial charge in [0.25, 0.3) is 11.9 Å². The number of pyridine rings is 1. The van der Waals surface area contributed by atoms with E-state index in [0.717, 1.165) is 12.7 Å². The number of benzene rings is 1. The van der Waals surface area contributed by atoms with Gasteiger partial charge in [0.2, 0.25) is 5.91 Å². The third-order valence-electron chi connectivity index (χ3n) is 6.94. The zero-order chi connectivity index (χ0) is 31.7. The molecule has 1 fully saturated rings. The van der Waals surface area contributed by atoms with Gasteiger partial charge in [-0.2, -0.15) is 0 Å². The summed E-state index contributed by atoms with van der Waals surface area (Å²) in [6.07, 6.45) is -1.94. The van der Waals surface area contributed by atoms with E-state index in [-0.39, 0.29) is 30.2 Å². The van der Waals surface area contributed by atoms with Crippen molar-refractivity contribution in [1.82, 2.24) is 15.6 Å². The summed E-state index contributed by atoms with van der Waals surface area (Å²) in [5.41, 5.74) is -0.541. The Hall–Kier alpha value is -4.10. The van der Waals surface area contributed by atoms with E-state index in [2.05, 4.69) is 15.6 Å². The van der Waals surface area contributed by atoms with Crippen LogP contribution in [0.15, 0.2) is 48.5 Å². The number of hydrogen-bond acceptors (Lipinski definition) is 10. The second-order valence-electron chi connectivity index (χ2n) is 10.9. The Morgan fingerprint density at radius 3 is 2.37 bits per heavy atom. The summed E-state index contributed by atoms with van der Waals surface area (Å²) >= 11 is 0. The molecule has 3 rings (SSSR count). The van der Waals surface area contributed by atoms with Crippen LogP contribution in [0.4, 0.5) is 0 Å². The van der Waals surface area contributed by atoms with Gasteiger partial charge in [0.1, 0.15) is 17.5 Å². The fourth-order valence-corrected chi connectivity index (χ4v) is 4.75. The Kier molecular flexibility index (Phi) is 11.6. The molecular formula is C30H38BN3O9. The number of ketones is 1. The molecule has 1 aliphatic heterocycles. The van der Waals surface area contributed by atoms with Gasteiger partial charge >= 0.3 is 13.1 Å². The quantitative estimate of drug-likeness (QED) is 0.230. The van der Waals surface area contributed by atoms with Gasteiger partial charge in [-0.25, -0.2) is 9.78 Å². The molecule has 0 saturated carbocycles. The zero-order valence-electron chi connectivity index (χ0n) is 25.0. The number of methoxy groups -OCH3 is 1. The molecular weight excluding hydrogens is 557 g/mol. The van der Waals surface area contributed by atoms with Gasteiger partial charge in [-0.05, 0) is 31.4 Å². The van der Waals surface area contributed by atoms with Gasteiger partial charge in [0, 0.05) is 18.4 Å². The molecule has 0 aliphatic carbocycles. The molecule has 0 spiro atoms. The fraction of sp³-hybridized carbons (Fsp3) is 0.467. The predicted molar refractivity (Wildman–Crippen MR) is 156 cm³/mol. The lowest BCUT2D eigenvalue weighted by molar-refractivity contribution is -0.175. The summed E-state index contributed by atoms with van der Waals surface area (Å²) in [6.45, 7) is 6.67. The van der Waals surface area contributed by atoms with E-state index >= 15 is 0 Å². The van der Waals surface area contributed by atoms with Crippen LogP contribution in [-0.4, -0.2) is 77.5 Å². The van der Waals surface area contributed by atoms with Crippen LogP contribution >= 0.6 is 0 Å². The van der Waals surface area contributed by atoms with Gasteiger partial charge in [-0.3, -0.25) is 19.2 Å². The third-order valence-corrected chi connectivity index (χ3v) is 6.94. The van der Waals surface area contributed by atoms with Crippen molar-refractivity contribution in [2.45, 2.75) is 77.1 Å². The number of esters is 1. The van der Waals surface area contributed by atoms with Crippen LogP contribution in [0.25, 0.3) is 11.3 Å². The smallest absolute Gasteiger partial charge is 0.508 e. The van der Waals surface area contributed by atoms with Crippen LogP contribution in [0.1, 0.15) is 63.9 Å². The maximum Gasteiger partial charge on any atom is 0.552 e. The highest BCUT2D eigenvalue weighted by Crippen LogP contribution is 2.31. The molecule has 43 heavy (non-hydrogen) atoms. The number of nitrogens with one attached hydrogen (secondary N) is 2. The Balaban J connectivity index is 1.83. The summed E-state index contributed by atoms with van der Waals surface area (Å²) in [6, 6.07) is 12.7. The molecule has 4 atom stereocenters. The number of carbonyl (C=O) groups is 5. The topological polar surface area (TPSA) is 170 Å². The van der Waals surface area contributed by atoms with E-state index in [1.807, 2.05) is 44.2 Å². The maximum absolute atomic E-state index is 13.5. The number of aliphatic hydroxyl groups is 1. The Morgan fingerprint density at radius 1 is 1.07 bits per heavy atom. The highest BCUT2D eigenvalue weighted by Gasteiger charge is 2.55. The fourth-order valence-electron chi connectivity index (χ4n) is 4.75. The van der Waals surface area contributed by atoms with Crippen molar-refractivity contribution in [2.24, 2.45) is 5.92 Å². The molecule has 1 aromatic carbocycles. The summed E-state index contributed by atoms with van der Waals surface area (Å²) in [7, 11) is -0.335. The normalized spacial score (nSPS) is 18.7. The number of aliphatic hydroxyl groups excluding tert-OH is 1. The molecule has 1 aromatic heterocycles. The first-order valence-electron chi connectivity index (χ1n) is 14.2. The molecule has 0 radical (unpaired) electrons. The molecule has 13 heteroatoms. The lowest BCUT2D eigenvalue weighted by Crippen LogP contribution is -2.63. The molecule has 1 saturated heterocycles. The van der Waals surface area contributed by atoms with Crippen LogP contribution < -0.4 is 10.6 Å². The number of hydrogen-bond donors (Lipinski definition) is 3. The first-order valence-corrected chi connectivity index (χ1v) is 14.2. The second kappa shape index (κ2) is 14.9. The van der Waals surface area contributed by atoms with Crippen molar-refractivity contribution in [1.29, 1.82) is 0 Å². The molecule has 2 amide bonds. The molecule has 230 valence electrons. The van der Waals surface area contributed by atoms with Gasteiger partial charge < -0.3 is 29.8 Å². The van der Waals surface area contributed by atoms with E-state index < -0.39 is 67.4 Å². The minimum atomic E-state index is -1.92. The zero-order valence-corrected chi connectivity index (χ0v) is 25.0. The standard InChI is InChI=1S/C30H38BN3O9/c1-6-21(36)16-30(29(40)41-5)17-25(37)42-31(43-30)24(15-18(2)3)33-28(39)26(19(4)35)34-27(38)23-14-10-13-22(32-23)20-11-8-7-9-12-20/h7-14,18-19,24,26,35H,6,15-17H2,1-5H3,(H,33,39)(H,34,38)/t19-,24+,26?,30+/m1/s1. The van der Waals surface area contributed by atoms with Crippen molar-refractivity contribution in [3.63, 3.8) is 0 Å². The highest BCUT2D eigenvalue weighted by atomic mass is 16.7. The van der Waals surface area contributed by atoms with Gasteiger partial charge in [0.05, 0.1) is 31.3 Å². The molecule has 2 aromatic rings. The number of ether oxygens (including phenoxy) is 1. The van der Waals surface area contributed by atoms with E-state index in [0.29, 0.717) is 5.69 Å². The molecule has 12 nitrogen and oxygen atoms in total. The molecule has 1 unspecified atom stereocenters. The summed E-state index contributed by atoms with van der Waals surface area (Å²) < 4.78 is 16.2. The third kappa shape index (κ3) is 8.71. The van der Waals surface area contributed by atoms with Crippen molar-refractivity contribution in [3.8, 4) is 11.3 Å². The number of amides is 2. The van der Waals surface area contributed by atoms with Crippen molar-refractivity contribution >= 4 is 36.7 Å². The molecule has 1 aliphatic rings. The number of Topliss-reactive ketones (excluding diaryl/α,β-unsaturated/α-hetero) is 1. The first kappa shape index (κ1) is 33.4. The van der Waals surface area contributed by atoms with E-state index in [1.54, 1.807) is 19.1 Å². The Bertz CT molecular complexity index is 1320. The van der Waals surface area contributed by atoms with Crippen molar-refractivity contribution < 1.29 is 43.1 Å². The van der Waals surface area contributed by atoms with Gasteiger partial charge in [-0.15, -0.1) is 0 Å². The summed E-state index contributed by atoms with van der Waals surface area (Å²) in [4.78, 5) is 68.8. The largest absolute Gasteiger partial charge is 0.552 e. The Morgan fingerprint density at radius 2 is 1.77 bits per heavy atom. The minimum absolute atomic E-state index is 0.0338. The van der Waals surface area contributed by atoms with E-state index in [9.17, 15) is 29.1 Å².